The van der Waals surface area contributed by atoms with Crippen molar-refractivity contribution < 1.29 is 23.7 Å². The Kier molecular flexibility index (Phi) is 3.63. The molecule has 0 radical (unpaired) electrons. The van der Waals surface area contributed by atoms with E-state index in [1.807, 2.05) is 18.2 Å². The predicted octanol–water partition coefficient (Wildman–Crippen LogP) is 2.95. The number of carbonyl (C=O) groups excluding carboxylic acids is 1. The number of rotatable bonds is 3. The normalized spacial score (nSPS) is 20.5. The summed E-state index contributed by atoms with van der Waals surface area (Å²) >= 11 is 0. The van der Waals surface area contributed by atoms with E-state index in [1.165, 1.54) is 7.11 Å². The number of hydrogen-bond acceptors (Lipinski definition) is 5. The average molecular weight is 288 g/mol. The van der Waals surface area contributed by atoms with Crippen molar-refractivity contribution in [2.45, 2.75) is 12.6 Å². The van der Waals surface area contributed by atoms with E-state index in [0.29, 0.717) is 5.56 Å². The first-order valence-corrected chi connectivity index (χ1v) is 6.55. The van der Waals surface area contributed by atoms with Crippen molar-refractivity contribution in [1.29, 1.82) is 0 Å². The highest BCUT2D eigenvalue weighted by Gasteiger charge is 2.32. The van der Waals surface area contributed by atoms with E-state index < -0.39 is 12.6 Å². The molecule has 2 aromatic rings. The molecular weight excluding hydrogens is 272 g/mol. The van der Waals surface area contributed by atoms with Gasteiger partial charge in [0.05, 0.1) is 12.7 Å². The molecule has 5 nitrogen and oxygen atoms in total. The summed E-state index contributed by atoms with van der Waals surface area (Å²) in [5.41, 5.74) is 2.38. The van der Waals surface area contributed by atoms with Crippen LogP contribution in [-0.2, 0) is 18.9 Å². The second-order valence-electron chi connectivity index (χ2n) is 4.81. The Morgan fingerprint density at radius 3 is 2.14 bits per heavy atom. The molecule has 0 saturated carbocycles. The summed E-state index contributed by atoms with van der Waals surface area (Å²) in [6.07, 6.45) is -0.897. The molecule has 0 fully saturated rings. The molecule has 5 heteroatoms. The fourth-order valence-corrected chi connectivity index (χ4v) is 2.61. The zero-order valence-corrected chi connectivity index (χ0v) is 12.1. The SMILES string of the molecule is COC(=O)c1ccc2cc3c(cc2c1)[C@H](OC)O[C@@H]3OC. The van der Waals surface area contributed by atoms with E-state index in [1.54, 1.807) is 26.4 Å². The van der Waals surface area contributed by atoms with Crippen LogP contribution in [0.15, 0.2) is 30.3 Å². The molecule has 1 heterocycles. The monoisotopic (exact) mass is 288 g/mol. The predicted molar refractivity (Wildman–Crippen MR) is 75.9 cm³/mol. The lowest BCUT2D eigenvalue weighted by Crippen LogP contribution is -2.01. The van der Waals surface area contributed by atoms with Crippen molar-refractivity contribution in [1.82, 2.24) is 0 Å². The van der Waals surface area contributed by atoms with E-state index in [0.717, 1.165) is 21.9 Å². The fraction of sp³-hybridized carbons (Fsp3) is 0.312. The third-order valence-corrected chi connectivity index (χ3v) is 3.65. The first-order valence-electron chi connectivity index (χ1n) is 6.55. The molecule has 0 unspecified atom stereocenters. The number of esters is 1. The fourth-order valence-electron chi connectivity index (χ4n) is 2.61. The Labute approximate surface area is 122 Å². The zero-order valence-electron chi connectivity index (χ0n) is 12.1. The highest BCUT2D eigenvalue weighted by atomic mass is 16.8. The van der Waals surface area contributed by atoms with Gasteiger partial charge in [-0.1, -0.05) is 6.07 Å². The van der Waals surface area contributed by atoms with Crippen molar-refractivity contribution >= 4 is 16.7 Å². The molecule has 0 saturated heterocycles. The second-order valence-corrected chi connectivity index (χ2v) is 4.81. The van der Waals surface area contributed by atoms with Crippen molar-refractivity contribution in [2.75, 3.05) is 21.3 Å². The van der Waals surface area contributed by atoms with Gasteiger partial charge in [0.2, 0.25) is 0 Å². The van der Waals surface area contributed by atoms with Crippen LogP contribution in [0.25, 0.3) is 10.8 Å². The molecule has 0 amide bonds. The second kappa shape index (κ2) is 5.44. The van der Waals surface area contributed by atoms with Crippen LogP contribution in [0.1, 0.15) is 34.1 Å². The zero-order chi connectivity index (χ0) is 15.0. The first kappa shape index (κ1) is 14.0. The molecule has 1 aliphatic heterocycles. The lowest BCUT2D eigenvalue weighted by molar-refractivity contribution is -0.217. The van der Waals surface area contributed by atoms with Crippen LogP contribution < -0.4 is 0 Å². The molecule has 1 aliphatic rings. The van der Waals surface area contributed by atoms with E-state index in [-0.39, 0.29) is 5.97 Å². The molecular formula is C16H16O5. The quantitative estimate of drug-likeness (QED) is 0.813. The lowest BCUT2D eigenvalue weighted by atomic mass is 10.00. The van der Waals surface area contributed by atoms with Crippen LogP contribution in [0.2, 0.25) is 0 Å². The lowest BCUT2D eigenvalue weighted by Gasteiger charge is -2.10. The van der Waals surface area contributed by atoms with E-state index in [2.05, 4.69) is 0 Å². The van der Waals surface area contributed by atoms with Gasteiger partial charge in [-0.15, -0.1) is 0 Å². The van der Waals surface area contributed by atoms with Gasteiger partial charge in [0, 0.05) is 25.3 Å². The van der Waals surface area contributed by atoms with Gasteiger partial charge in [-0.2, -0.15) is 0 Å². The molecule has 0 bridgehead atoms. The molecule has 2 atom stereocenters. The van der Waals surface area contributed by atoms with Gasteiger partial charge in [0.25, 0.3) is 0 Å². The minimum atomic E-state index is -0.462. The third kappa shape index (κ3) is 2.29. The van der Waals surface area contributed by atoms with Crippen molar-refractivity contribution in [3.63, 3.8) is 0 Å². The van der Waals surface area contributed by atoms with Crippen LogP contribution in [0, 0.1) is 0 Å². The van der Waals surface area contributed by atoms with Gasteiger partial charge in [0.15, 0.2) is 12.6 Å². The summed E-state index contributed by atoms with van der Waals surface area (Å²) in [4.78, 5) is 11.6. The van der Waals surface area contributed by atoms with Crippen LogP contribution in [-0.4, -0.2) is 27.3 Å². The molecule has 0 aliphatic carbocycles. The Hall–Kier alpha value is -1.95. The van der Waals surface area contributed by atoms with Gasteiger partial charge in [-0.25, -0.2) is 4.79 Å². The van der Waals surface area contributed by atoms with Crippen LogP contribution in [0.5, 0.6) is 0 Å². The number of ether oxygens (including phenoxy) is 4. The number of hydrogen-bond donors (Lipinski definition) is 0. The summed E-state index contributed by atoms with van der Waals surface area (Å²) < 4.78 is 21.1. The Balaban J connectivity index is 2.14. The van der Waals surface area contributed by atoms with Crippen molar-refractivity contribution in [3.05, 3.63) is 47.0 Å². The average Bonchev–Trinajstić information content (AvgIpc) is 2.88. The molecule has 3 rings (SSSR count). The third-order valence-electron chi connectivity index (χ3n) is 3.65. The Morgan fingerprint density at radius 1 is 0.952 bits per heavy atom. The summed E-state index contributed by atoms with van der Waals surface area (Å²) in [7, 11) is 4.55. The summed E-state index contributed by atoms with van der Waals surface area (Å²) in [5, 5.41) is 1.93. The Bertz CT molecular complexity index is 694. The van der Waals surface area contributed by atoms with E-state index >= 15 is 0 Å². The number of methoxy groups -OCH3 is 3. The minimum Gasteiger partial charge on any atom is -0.465 e. The van der Waals surface area contributed by atoms with E-state index in [9.17, 15) is 4.79 Å². The van der Waals surface area contributed by atoms with Gasteiger partial charge >= 0.3 is 5.97 Å². The first-order chi connectivity index (χ1) is 10.2. The standard InChI is InChI=1S/C16H16O5/c1-18-14(17)10-5-4-9-7-12-13(8-11(9)6-10)16(20-3)21-15(12)19-2/h4-8,15-16H,1-3H3/t15-,16+/m0/s1. The van der Waals surface area contributed by atoms with Crippen LogP contribution in [0.3, 0.4) is 0 Å². The largest absolute Gasteiger partial charge is 0.465 e. The molecule has 0 N–H and O–H groups in total. The maximum Gasteiger partial charge on any atom is 0.337 e. The summed E-state index contributed by atoms with van der Waals surface area (Å²) in [5.74, 6) is -0.355. The Morgan fingerprint density at radius 2 is 1.57 bits per heavy atom. The molecule has 0 aromatic heterocycles. The van der Waals surface area contributed by atoms with Gasteiger partial charge < -0.3 is 18.9 Å². The number of carbonyl (C=O) groups is 1. The van der Waals surface area contributed by atoms with E-state index in [4.69, 9.17) is 18.9 Å². The molecule has 2 aromatic carbocycles. The van der Waals surface area contributed by atoms with Gasteiger partial charge in [-0.05, 0) is 35.0 Å². The van der Waals surface area contributed by atoms with Crippen molar-refractivity contribution in [2.24, 2.45) is 0 Å². The van der Waals surface area contributed by atoms with Crippen LogP contribution in [0.4, 0.5) is 0 Å². The number of fused-ring (bicyclic) bond motifs is 2. The summed E-state index contributed by atoms with van der Waals surface area (Å²) in [6.45, 7) is 0. The van der Waals surface area contributed by atoms with Crippen LogP contribution >= 0.6 is 0 Å². The number of benzene rings is 2. The topological polar surface area (TPSA) is 54.0 Å². The van der Waals surface area contributed by atoms with Gasteiger partial charge in [0.1, 0.15) is 0 Å². The molecule has 0 spiro atoms. The maximum absolute atomic E-state index is 11.6. The maximum atomic E-state index is 11.6. The minimum absolute atomic E-state index is 0.355. The highest BCUT2D eigenvalue weighted by Crippen LogP contribution is 2.41. The summed E-state index contributed by atoms with van der Waals surface area (Å²) in [6, 6.07) is 9.39. The molecule has 110 valence electrons. The van der Waals surface area contributed by atoms with Crippen molar-refractivity contribution in [3.8, 4) is 0 Å². The molecule has 21 heavy (non-hydrogen) atoms. The van der Waals surface area contributed by atoms with Gasteiger partial charge in [-0.3, -0.25) is 0 Å². The highest BCUT2D eigenvalue weighted by molar-refractivity contribution is 5.95. The smallest absolute Gasteiger partial charge is 0.337 e.